The number of ether oxygens (including phenoxy) is 2. The molecule has 0 aliphatic rings. The van der Waals surface area contributed by atoms with Gasteiger partial charge in [0, 0.05) is 23.3 Å². The Morgan fingerprint density at radius 2 is 0.970 bits per heavy atom. The fourth-order valence-electron chi connectivity index (χ4n) is 3.24. The summed E-state index contributed by atoms with van der Waals surface area (Å²) in [5, 5.41) is 20.5. The highest BCUT2D eigenvalue weighted by atomic mass is 16.7. The van der Waals surface area contributed by atoms with Gasteiger partial charge in [-0.3, -0.25) is 9.59 Å². The van der Waals surface area contributed by atoms with Crippen molar-refractivity contribution in [2.75, 3.05) is 6.79 Å². The van der Waals surface area contributed by atoms with Crippen molar-refractivity contribution < 1.29 is 29.3 Å². The van der Waals surface area contributed by atoms with E-state index in [0.717, 1.165) is 0 Å². The maximum Gasteiger partial charge on any atom is 0.230 e. The Morgan fingerprint density at radius 3 is 1.33 bits per heavy atom. The number of carbonyl (C=O) groups excluding carboxylic acids is 2. The molecule has 4 aromatic rings. The highest BCUT2D eigenvalue weighted by Crippen LogP contribution is 2.28. The molecule has 6 nitrogen and oxygen atoms in total. The molecule has 0 aliphatic heterocycles. The smallest absolute Gasteiger partial charge is 0.230 e. The minimum atomic E-state index is -0.295. The molecule has 6 heteroatoms. The first kappa shape index (κ1) is 21.6. The summed E-state index contributed by atoms with van der Waals surface area (Å²) in [6.45, 7) is -0.211. The molecule has 164 valence electrons. The molecular formula is C27H20O6. The van der Waals surface area contributed by atoms with Gasteiger partial charge in [0.1, 0.15) is 23.0 Å². The Bertz CT molecular complexity index is 1180. The molecule has 4 aromatic carbocycles. The van der Waals surface area contributed by atoms with E-state index in [-0.39, 0.29) is 41.0 Å². The number of aromatic hydroxyl groups is 2. The van der Waals surface area contributed by atoms with E-state index in [4.69, 9.17) is 9.47 Å². The Morgan fingerprint density at radius 1 is 0.576 bits per heavy atom. The summed E-state index contributed by atoms with van der Waals surface area (Å²) in [6.07, 6.45) is 0. The summed E-state index contributed by atoms with van der Waals surface area (Å²) in [7, 11) is 0. The molecule has 33 heavy (non-hydrogen) atoms. The van der Waals surface area contributed by atoms with Crippen LogP contribution in [0, 0.1) is 0 Å². The molecule has 0 amide bonds. The third kappa shape index (κ3) is 5.02. The first-order valence-electron chi connectivity index (χ1n) is 10.1. The summed E-state index contributed by atoms with van der Waals surface area (Å²) in [6, 6.07) is 26.1. The van der Waals surface area contributed by atoms with Crippen LogP contribution < -0.4 is 9.47 Å². The van der Waals surface area contributed by atoms with Gasteiger partial charge in [-0.05, 0) is 24.3 Å². The van der Waals surface area contributed by atoms with Crippen molar-refractivity contribution in [2.24, 2.45) is 0 Å². The average Bonchev–Trinajstić information content (AvgIpc) is 2.84. The van der Waals surface area contributed by atoms with E-state index in [9.17, 15) is 19.8 Å². The number of hydrogen-bond donors (Lipinski definition) is 2. The quantitative estimate of drug-likeness (QED) is 0.297. The van der Waals surface area contributed by atoms with Gasteiger partial charge in [-0.15, -0.1) is 0 Å². The van der Waals surface area contributed by atoms with Gasteiger partial charge >= 0.3 is 0 Å². The third-order valence-corrected chi connectivity index (χ3v) is 4.95. The van der Waals surface area contributed by atoms with Crippen molar-refractivity contribution in [3.63, 3.8) is 0 Å². The molecule has 0 unspecified atom stereocenters. The number of ketones is 2. The number of phenols is 2. The van der Waals surface area contributed by atoms with Crippen LogP contribution >= 0.6 is 0 Å². The second kappa shape index (κ2) is 9.70. The Balaban J connectivity index is 1.37. The van der Waals surface area contributed by atoms with E-state index < -0.39 is 0 Å². The first-order valence-corrected chi connectivity index (χ1v) is 10.1. The van der Waals surface area contributed by atoms with Crippen molar-refractivity contribution in [1.29, 1.82) is 0 Å². The van der Waals surface area contributed by atoms with Gasteiger partial charge in [-0.2, -0.15) is 0 Å². The lowest BCUT2D eigenvalue weighted by Crippen LogP contribution is -2.07. The van der Waals surface area contributed by atoms with E-state index in [1.54, 1.807) is 60.7 Å². The summed E-state index contributed by atoms with van der Waals surface area (Å²) >= 11 is 0. The zero-order chi connectivity index (χ0) is 23.2. The lowest BCUT2D eigenvalue weighted by molar-refractivity contribution is 0.102. The van der Waals surface area contributed by atoms with E-state index in [1.165, 1.54) is 24.3 Å². The number of benzene rings is 4. The zero-order valence-corrected chi connectivity index (χ0v) is 17.5. The van der Waals surface area contributed by atoms with E-state index in [0.29, 0.717) is 22.6 Å². The van der Waals surface area contributed by atoms with Crippen LogP contribution in [0.4, 0.5) is 0 Å². The zero-order valence-electron chi connectivity index (χ0n) is 17.5. The van der Waals surface area contributed by atoms with Crippen LogP contribution in [0.5, 0.6) is 23.0 Å². The van der Waals surface area contributed by atoms with Crippen molar-refractivity contribution in [3.05, 3.63) is 119 Å². The number of hydrogen-bond acceptors (Lipinski definition) is 6. The van der Waals surface area contributed by atoms with Crippen molar-refractivity contribution >= 4 is 11.6 Å². The van der Waals surface area contributed by atoms with Gasteiger partial charge in [-0.1, -0.05) is 60.7 Å². The summed E-state index contributed by atoms with van der Waals surface area (Å²) in [5.74, 6) is -0.395. The molecule has 0 fully saturated rings. The molecule has 0 radical (unpaired) electrons. The maximum absolute atomic E-state index is 12.5. The summed E-state index contributed by atoms with van der Waals surface area (Å²) in [4.78, 5) is 25.0. The van der Waals surface area contributed by atoms with Crippen molar-refractivity contribution in [2.45, 2.75) is 0 Å². The molecule has 0 aromatic heterocycles. The van der Waals surface area contributed by atoms with Crippen LogP contribution in [0.1, 0.15) is 31.8 Å². The Labute approximate surface area is 190 Å². The van der Waals surface area contributed by atoms with Crippen LogP contribution in [0.3, 0.4) is 0 Å². The molecule has 0 atom stereocenters. The largest absolute Gasteiger partial charge is 0.507 e. The predicted octanol–water partition coefficient (Wildman–Crippen LogP) is 4.98. The van der Waals surface area contributed by atoms with E-state index in [1.807, 2.05) is 12.1 Å². The highest BCUT2D eigenvalue weighted by molar-refractivity contribution is 6.11. The monoisotopic (exact) mass is 440 g/mol. The second-order valence-corrected chi connectivity index (χ2v) is 7.15. The molecule has 0 spiro atoms. The third-order valence-electron chi connectivity index (χ3n) is 4.95. The Hall–Kier alpha value is -4.58. The van der Waals surface area contributed by atoms with Crippen molar-refractivity contribution in [1.82, 2.24) is 0 Å². The SMILES string of the molecule is O=C(c1ccccc1)c1ccc(OCOc2ccc(C(=O)c3ccccc3)c(O)c2)cc1O. The average molecular weight is 440 g/mol. The normalized spacial score (nSPS) is 10.4. The highest BCUT2D eigenvalue weighted by Gasteiger charge is 2.15. The number of carbonyl (C=O) groups is 2. The van der Waals surface area contributed by atoms with Gasteiger partial charge in [0.05, 0.1) is 11.1 Å². The molecule has 0 heterocycles. The predicted molar refractivity (Wildman–Crippen MR) is 122 cm³/mol. The standard InChI is InChI=1S/C27H20O6/c28-24-15-20(11-13-22(24)26(30)18-7-3-1-4-8-18)32-17-33-21-12-14-23(25(29)16-21)27(31)19-9-5-2-6-10-19/h1-16,28-29H,17H2. The lowest BCUT2D eigenvalue weighted by Gasteiger charge is -2.11. The molecule has 2 N–H and O–H groups in total. The lowest BCUT2D eigenvalue weighted by atomic mass is 10.0. The molecule has 4 rings (SSSR count). The maximum atomic E-state index is 12.5. The number of rotatable bonds is 8. The summed E-state index contributed by atoms with van der Waals surface area (Å²) in [5.41, 5.74) is 1.27. The fourth-order valence-corrected chi connectivity index (χ4v) is 3.24. The van der Waals surface area contributed by atoms with Gasteiger partial charge in [0.25, 0.3) is 0 Å². The number of phenolic OH excluding ortho intramolecular Hbond substituents is 2. The first-order chi connectivity index (χ1) is 16.0. The van der Waals surface area contributed by atoms with Crippen LogP contribution in [-0.2, 0) is 0 Å². The van der Waals surface area contributed by atoms with Crippen molar-refractivity contribution in [3.8, 4) is 23.0 Å². The molecule has 0 aliphatic carbocycles. The Kier molecular flexibility index (Phi) is 6.36. The molecule has 0 saturated heterocycles. The van der Waals surface area contributed by atoms with E-state index >= 15 is 0 Å². The van der Waals surface area contributed by atoms with Crippen LogP contribution in [0.25, 0.3) is 0 Å². The molecule has 0 bridgehead atoms. The second-order valence-electron chi connectivity index (χ2n) is 7.15. The van der Waals surface area contributed by atoms with Gasteiger partial charge < -0.3 is 19.7 Å². The van der Waals surface area contributed by atoms with Crippen LogP contribution in [-0.4, -0.2) is 28.6 Å². The van der Waals surface area contributed by atoms with Gasteiger partial charge in [-0.25, -0.2) is 0 Å². The summed E-state index contributed by atoms with van der Waals surface area (Å²) < 4.78 is 11.0. The molecular weight excluding hydrogens is 420 g/mol. The van der Waals surface area contributed by atoms with Gasteiger partial charge in [0.2, 0.25) is 6.79 Å². The molecule has 0 saturated carbocycles. The van der Waals surface area contributed by atoms with Crippen LogP contribution in [0.2, 0.25) is 0 Å². The van der Waals surface area contributed by atoms with Gasteiger partial charge in [0.15, 0.2) is 11.6 Å². The van der Waals surface area contributed by atoms with Crippen LogP contribution in [0.15, 0.2) is 97.1 Å². The van der Waals surface area contributed by atoms with E-state index in [2.05, 4.69) is 0 Å². The topological polar surface area (TPSA) is 93.1 Å². The fraction of sp³-hybridized carbons (Fsp3) is 0.0370. The minimum absolute atomic E-state index is 0.165. The minimum Gasteiger partial charge on any atom is -0.507 e.